The third kappa shape index (κ3) is 6.02. The molecule has 1 aliphatic carbocycles. The van der Waals surface area contributed by atoms with Gasteiger partial charge in [-0.25, -0.2) is 14.8 Å². The molecule has 2 N–H and O–H groups in total. The van der Waals surface area contributed by atoms with E-state index in [0.29, 0.717) is 5.82 Å². The summed E-state index contributed by atoms with van der Waals surface area (Å²) in [6.45, 7) is 14.5. The highest BCUT2D eigenvalue weighted by Crippen LogP contribution is 2.46. The maximum Gasteiger partial charge on any atom is 0.408 e. The third-order valence-electron chi connectivity index (χ3n) is 7.25. The first-order valence-electron chi connectivity index (χ1n) is 13.0. The van der Waals surface area contributed by atoms with Gasteiger partial charge in [0, 0.05) is 17.3 Å². The fourth-order valence-corrected chi connectivity index (χ4v) is 4.96. The van der Waals surface area contributed by atoms with Crippen molar-refractivity contribution in [3.63, 3.8) is 0 Å². The standard InChI is InChI=1S/C31H39N3O3/c1-29(2,3)37-28(36)34-26(19-35)20-8-10-21(11-9-20)27-32-17-14-25(33-27)22-12-13-23-24(18-22)31(6,7)16-15-30(23,4)5/h8-14,17-18,26,35H,15-16,19H2,1-7H3,(H,34,36). The summed E-state index contributed by atoms with van der Waals surface area (Å²) in [7, 11) is 0. The first kappa shape index (κ1) is 26.8. The second-order valence-electron chi connectivity index (χ2n) is 12.3. The van der Waals surface area contributed by atoms with Crippen molar-refractivity contribution in [1.29, 1.82) is 0 Å². The number of aliphatic hydroxyl groups is 1. The summed E-state index contributed by atoms with van der Waals surface area (Å²) in [6.07, 6.45) is 3.57. The highest BCUT2D eigenvalue weighted by molar-refractivity contribution is 5.69. The van der Waals surface area contributed by atoms with E-state index in [-0.39, 0.29) is 17.4 Å². The number of ether oxygens (including phenoxy) is 1. The van der Waals surface area contributed by atoms with E-state index in [0.717, 1.165) is 28.8 Å². The van der Waals surface area contributed by atoms with Gasteiger partial charge in [0.25, 0.3) is 0 Å². The highest BCUT2D eigenvalue weighted by Gasteiger charge is 2.37. The van der Waals surface area contributed by atoms with Gasteiger partial charge in [-0.1, -0.05) is 64.1 Å². The van der Waals surface area contributed by atoms with E-state index in [1.807, 2.05) is 30.3 Å². The molecule has 37 heavy (non-hydrogen) atoms. The summed E-state index contributed by atoms with van der Waals surface area (Å²) in [5.41, 5.74) is 6.12. The molecule has 2 aromatic carbocycles. The van der Waals surface area contributed by atoms with Gasteiger partial charge in [0.05, 0.1) is 18.3 Å². The van der Waals surface area contributed by atoms with Crippen molar-refractivity contribution in [2.75, 3.05) is 6.61 Å². The van der Waals surface area contributed by atoms with Crippen molar-refractivity contribution >= 4 is 6.09 Å². The molecule has 3 aromatic rings. The Balaban J connectivity index is 1.58. The van der Waals surface area contributed by atoms with Crippen LogP contribution in [-0.4, -0.2) is 33.4 Å². The fraction of sp³-hybridized carbons (Fsp3) is 0.452. The number of aromatic nitrogens is 2. The summed E-state index contributed by atoms with van der Waals surface area (Å²) in [6, 6.07) is 15.7. The number of nitrogens with one attached hydrogen (secondary N) is 1. The molecule has 1 heterocycles. The van der Waals surface area contributed by atoms with Crippen molar-refractivity contribution in [2.45, 2.75) is 83.8 Å². The Morgan fingerprint density at radius 2 is 1.59 bits per heavy atom. The normalized spacial score (nSPS) is 17.0. The van der Waals surface area contributed by atoms with E-state index < -0.39 is 17.7 Å². The fourth-order valence-electron chi connectivity index (χ4n) is 4.96. The van der Waals surface area contributed by atoms with Crippen molar-refractivity contribution in [2.24, 2.45) is 0 Å². The molecular weight excluding hydrogens is 462 g/mol. The quantitative estimate of drug-likeness (QED) is 0.405. The van der Waals surface area contributed by atoms with Crippen LogP contribution in [0.3, 0.4) is 0 Å². The molecule has 1 aliphatic rings. The van der Waals surface area contributed by atoms with E-state index in [4.69, 9.17) is 9.72 Å². The lowest BCUT2D eigenvalue weighted by Crippen LogP contribution is -2.36. The highest BCUT2D eigenvalue weighted by atomic mass is 16.6. The van der Waals surface area contributed by atoms with Crippen LogP contribution in [-0.2, 0) is 15.6 Å². The summed E-state index contributed by atoms with van der Waals surface area (Å²) in [5.74, 6) is 0.627. The molecule has 1 amide bonds. The summed E-state index contributed by atoms with van der Waals surface area (Å²) < 4.78 is 5.32. The second-order valence-corrected chi connectivity index (χ2v) is 12.3. The van der Waals surface area contributed by atoms with Gasteiger partial charge < -0.3 is 15.2 Å². The Kier molecular flexibility index (Phi) is 7.17. The molecule has 1 atom stereocenters. The molecule has 1 unspecified atom stereocenters. The van der Waals surface area contributed by atoms with E-state index in [1.54, 1.807) is 27.0 Å². The first-order chi connectivity index (χ1) is 17.3. The molecular formula is C31H39N3O3. The van der Waals surface area contributed by atoms with Crippen LogP contribution in [0.15, 0.2) is 54.7 Å². The molecule has 0 bridgehead atoms. The van der Waals surface area contributed by atoms with Crippen molar-refractivity contribution in [3.05, 3.63) is 71.4 Å². The van der Waals surface area contributed by atoms with Crippen LogP contribution in [0, 0.1) is 0 Å². The third-order valence-corrected chi connectivity index (χ3v) is 7.25. The molecule has 0 radical (unpaired) electrons. The average molecular weight is 502 g/mol. The summed E-state index contributed by atoms with van der Waals surface area (Å²) in [5, 5.41) is 12.6. The Bertz CT molecular complexity index is 1270. The lowest BCUT2D eigenvalue weighted by Gasteiger charge is -2.42. The van der Waals surface area contributed by atoms with Crippen molar-refractivity contribution in [3.8, 4) is 22.6 Å². The minimum absolute atomic E-state index is 0.128. The monoisotopic (exact) mass is 501 g/mol. The summed E-state index contributed by atoms with van der Waals surface area (Å²) in [4.78, 5) is 21.5. The largest absolute Gasteiger partial charge is 0.444 e. The number of alkyl carbamates (subject to hydrolysis) is 1. The molecule has 0 saturated heterocycles. The topological polar surface area (TPSA) is 84.3 Å². The van der Waals surface area contributed by atoms with Gasteiger partial charge in [-0.15, -0.1) is 0 Å². The Morgan fingerprint density at radius 3 is 2.22 bits per heavy atom. The van der Waals surface area contributed by atoms with Crippen LogP contribution >= 0.6 is 0 Å². The average Bonchev–Trinajstić information content (AvgIpc) is 2.84. The molecule has 6 nitrogen and oxygen atoms in total. The molecule has 196 valence electrons. The molecule has 0 spiro atoms. The number of rotatable bonds is 5. The maximum absolute atomic E-state index is 12.2. The zero-order chi connectivity index (χ0) is 27.0. The van der Waals surface area contributed by atoms with Crippen LogP contribution in [0.2, 0.25) is 0 Å². The first-order valence-corrected chi connectivity index (χ1v) is 13.0. The molecule has 0 saturated carbocycles. The zero-order valence-corrected chi connectivity index (χ0v) is 23.1. The van der Waals surface area contributed by atoms with Gasteiger partial charge in [-0.05, 0) is 73.3 Å². The lowest BCUT2D eigenvalue weighted by molar-refractivity contribution is 0.0482. The number of fused-ring (bicyclic) bond motifs is 1. The van der Waals surface area contributed by atoms with Gasteiger partial charge in [-0.3, -0.25) is 0 Å². The number of carbonyl (C=O) groups is 1. The molecule has 0 fully saturated rings. The van der Waals surface area contributed by atoms with Gasteiger partial charge in [0.1, 0.15) is 5.60 Å². The van der Waals surface area contributed by atoms with Gasteiger partial charge in [0.15, 0.2) is 5.82 Å². The minimum Gasteiger partial charge on any atom is -0.444 e. The number of amides is 1. The number of hydrogen-bond donors (Lipinski definition) is 2. The SMILES string of the molecule is CC(C)(C)OC(=O)NC(CO)c1ccc(-c2nccc(-c3ccc4c(c3)C(C)(C)CCC4(C)C)n2)cc1. The van der Waals surface area contributed by atoms with Crippen LogP contribution < -0.4 is 5.32 Å². The number of aliphatic hydroxyl groups excluding tert-OH is 1. The van der Waals surface area contributed by atoms with E-state index >= 15 is 0 Å². The molecule has 4 rings (SSSR count). The summed E-state index contributed by atoms with van der Waals surface area (Å²) >= 11 is 0. The second kappa shape index (κ2) is 9.90. The van der Waals surface area contributed by atoms with Gasteiger partial charge in [0.2, 0.25) is 0 Å². The maximum atomic E-state index is 12.2. The lowest BCUT2D eigenvalue weighted by atomic mass is 9.63. The van der Waals surface area contributed by atoms with Crippen molar-refractivity contribution in [1.82, 2.24) is 15.3 Å². The number of hydrogen-bond acceptors (Lipinski definition) is 5. The van der Waals surface area contributed by atoms with E-state index in [2.05, 4.69) is 56.2 Å². The van der Waals surface area contributed by atoms with Gasteiger partial charge in [-0.2, -0.15) is 0 Å². The van der Waals surface area contributed by atoms with E-state index in [9.17, 15) is 9.90 Å². The Hall–Kier alpha value is -3.25. The molecule has 1 aromatic heterocycles. The molecule has 6 heteroatoms. The van der Waals surface area contributed by atoms with Gasteiger partial charge >= 0.3 is 6.09 Å². The van der Waals surface area contributed by atoms with Crippen molar-refractivity contribution < 1.29 is 14.6 Å². The predicted octanol–water partition coefficient (Wildman–Crippen LogP) is 6.72. The van der Waals surface area contributed by atoms with E-state index in [1.165, 1.54) is 17.5 Å². The number of carbonyl (C=O) groups excluding carboxylic acids is 1. The van der Waals surface area contributed by atoms with Crippen LogP contribution in [0.4, 0.5) is 4.79 Å². The zero-order valence-electron chi connectivity index (χ0n) is 23.1. The smallest absolute Gasteiger partial charge is 0.408 e. The van der Waals surface area contributed by atoms with Crippen LogP contribution in [0.5, 0.6) is 0 Å². The Morgan fingerprint density at radius 1 is 0.973 bits per heavy atom. The molecule has 0 aliphatic heterocycles. The minimum atomic E-state index is -0.611. The Labute approximate surface area is 220 Å². The van der Waals surface area contributed by atoms with Crippen LogP contribution in [0.25, 0.3) is 22.6 Å². The number of benzene rings is 2. The number of nitrogens with zero attached hydrogens (tertiary/aromatic N) is 2. The van der Waals surface area contributed by atoms with Crippen LogP contribution in [0.1, 0.15) is 84.0 Å². The predicted molar refractivity (Wildman–Crippen MR) is 147 cm³/mol.